The molecule has 20 heavy (non-hydrogen) atoms. The minimum Gasteiger partial charge on any atom is -0.464 e. The maximum Gasteiger partial charge on any atom is 0.328 e. The van der Waals surface area contributed by atoms with Crippen LogP contribution in [-0.2, 0) is 14.3 Å². The highest BCUT2D eigenvalue weighted by molar-refractivity contribution is 5.88. The van der Waals surface area contributed by atoms with Gasteiger partial charge in [0.2, 0.25) is 5.91 Å². The molecule has 5 nitrogen and oxygen atoms in total. The predicted octanol–water partition coefficient (Wildman–Crippen LogP) is 1.32. The quantitative estimate of drug-likeness (QED) is 0.793. The number of rotatable bonds is 3. The first-order valence-corrected chi connectivity index (χ1v) is 7.77. The van der Waals surface area contributed by atoms with E-state index in [9.17, 15) is 9.59 Å². The minimum absolute atomic E-state index is 0.113. The van der Waals surface area contributed by atoms with Gasteiger partial charge < -0.3 is 15.0 Å². The number of likely N-dealkylation sites (tertiary alicyclic amines) is 1. The van der Waals surface area contributed by atoms with Gasteiger partial charge >= 0.3 is 5.97 Å². The Morgan fingerprint density at radius 3 is 2.80 bits per heavy atom. The van der Waals surface area contributed by atoms with E-state index in [1.807, 2.05) is 6.92 Å². The second-order valence-corrected chi connectivity index (χ2v) is 6.10. The number of nitrogens with zero attached hydrogens (tertiary/aromatic N) is 1. The van der Waals surface area contributed by atoms with Crippen LogP contribution in [0.25, 0.3) is 0 Å². The number of carbonyl (C=O) groups excluding carboxylic acids is 2. The fourth-order valence-corrected chi connectivity index (χ4v) is 3.24. The molecule has 0 aliphatic carbocycles. The number of ether oxygens (including phenoxy) is 1. The predicted molar refractivity (Wildman–Crippen MR) is 76.2 cm³/mol. The van der Waals surface area contributed by atoms with Crippen molar-refractivity contribution >= 4 is 11.9 Å². The van der Waals surface area contributed by atoms with Crippen LogP contribution >= 0.6 is 0 Å². The third-order valence-electron chi connectivity index (χ3n) is 4.44. The van der Waals surface area contributed by atoms with Crippen molar-refractivity contribution in [1.82, 2.24) is 10.2 Å². The van der Waals surface area contributed by atoms with E-state index < -0.39 is 0 Å². The molecule has 2 heterocycles. The number of nitrogens with one attached hydrogen (secondary N) is 1. The van der Waals surface area contributed by atoms with E-state index in [1.54, 1.807) is 11.8 Å². The standard InChI is InChI=1S/C15H26N2O3/c1-3-20-13(18)12-7-4-5-10-17(12)14(19)15(2)8-6-9-16-11-15/h12,16H,3-11H2,1-2H3. The number of esters is 1. The fraction of sp³-hybridized carbons (Fsp3) is 0.867. The monoisotopic (exact) mass is 282 g/mol. The highest BCUT2D eigenvalue weighted by Crippen LogP contribution is 2.31. The molecule has 2 aliphatic rings. The first-order chi connectivity index (χ1) is 9.58. The van der Waals surface area contributed by atoms with E-state index in [0.717, 1.165) is 38.6 Å². The summed E-state index contributed by atoms with van der Waals surface area (Å²) >= 11 is 0. The van der Waals surface area contributed by atoms with E-state index in [0.29, 0.717) is 19.7 Å². The number of carbonyl (C=O) groups is 2. The molecule has 0 aromatic carbocycles. The Balaban J connectivity index is 2.10. The Hall–Kier alpha value is -1.10. The summed E-state index contributed by atoms with van der Waals surface area (Å²) in [6.07, 6.45) is 4.60. The van der Waals surface area contributed by atoms with Crippen molar-refractivity contribution in [3.05, 3.63) is 0 Å². The van der Waals surface area contributed by atoms with Gasteiger partial charge in [-0.2, -0.15) is 0 Å². The van der Waals surface area contributed by atoms with E-state index in [4.69, 9.17) is 4.74 Å². The molecule has 5 heteroatoms. The Morgan fingerprint density at radius 2 is 2.15 bits per heavy atom. The Kier molecular flexibility index (Phi) is 5.02. The van der Waals surface area contributed by atoms with E-state index >= 15 is 0 Å². The smallest absolute Gasteiger partial charge is 0.328 e. The van der Waals surface area contributed by atoms with Gasteiger partial charge in [-0.3, -0.25) is 4.79 Å². The molecule has 2 rings (SSSR count). The largest absolute Gasteiger partial charge is 0.464 e. The molecule has 2 unspecified atom stereocenters. The summed E-state index contributed by atoms with van der Waals surface area (Å²) in [5.74, 6) is -0.129. The zero-order valence-electron chi connectivity index (χ0n) is 12.6. The molecule has 2 saturated heterocycles. The molecule has 2 atom stereocenters. The second kappa shape index (κ2) is 6.57. The van der Waals surface area contributed by atoms with Gasteiger partial charge in [0.1, 0.15) is 6.04 Å². The SMILES string of the molecule is CCOC(=O)C1CCCCN1C(=O)C1(C)CCCNC1. The second-order valence-electron chi connectivity index (χ2n) is 6.10. The van der Waals surface area contributed by atoms with Crippen LogP contribution in [0.1, 0.15) is 46.0 Å². The molecule has 0 spiro atoms. The van der Waals surface area contributed by atoms with Crippen molar-refractivity contribution in [2.75, 3.05) is 26.2 Å². The zero-order valence-corrected chi connectivity index (χ0v) is 12.6. The summed E-state index contributed by atoms with van der Waals surface area (Å²) in [7, 11) is 0. The average Bonchev–Trinajstić information content (AvgIpc) is 2.47. The van der Waals surface area contributed by atoms with Crippen LogP contribution in [0.4, 0.5) is 0 Å². The lowest BCUT2D eigenvalue weighted by atomic mass is 9.80. The topological polar surface area (TPSA) is 58.6 Å². The van der Waals surface area contributed by atoms with E-state index in [2.05, 4.69) is 5.32 Å². The van der Waals surface area contributed by atoms with Gasteiger partial charge in [-0.25, -0.2) is 4.79 Å². The molecule has 0 aromatic rings. The van der Waals surface area contributed by atoms with Gasteiger partial charge in [0.25, 0.3) is 0 Å². The van der Waals surface area contributed by atoms with Crippen LogP contribution in [0.15, 0.2) is 0 Å². The lowest BCUT2D eigenvalue weighted by Crippen LogP contribution is -2.56. The first kappa shape index (κ1) is 15.3. The van der Waals surface area contributed by atoms with Crippen molar-refractivity contribution in [2.24, 2.45) is 5.41 Å². The summed E-state index contributed by atoms with van der Waals surface area (Å²) in [6.45, 7) is 6.55. The van der Waals surface area contributed by atoms with E-state index in [1.165, 1.54) is 0 Å². The zero-order chi connectivity index (χ0) is 14.6. The lowest BCUT2D eigenvalue weighted by Gasteiger charge is -2.41. The Labute approximate surface area is 121 Å². The molecule has 1 N–H and O–H groups in total. The van der Waals surface area contributed by atoms with Crippen molar-refractivity contribution in [3.63, 3.8) is 0 Å². The average molecular weight is 282 g/mol. The molecule has 0 bridgehead atoms. The van der Waals surface area contributed by atoms with Crippen LogP contribution in [0, 0.1) is 5.41 Å². The fourth-order valence-electron chi connectivity index (χ4n) is 3.24. The maximum atomic E-state index is 12.9. The molecule has 0 saturated carbocycles. The molecule has 0 radical (unpaired) electrons. The van der Waals surface area contributed by atoms with Crippen LogP contribution in [-0.4, -0.2) is 49.1 Å². The van der Waals surface area contributed by atoms with Gasteiger partial charge in [-0.15, -0.1) is 0 Å². The van der Waals surface area contributed by atoms with Crippen molar-refractivity contribution < 1.29 is 14.3 Å². The summed E-state index contributed by atoms with van der Waals surface area (Å²) in [5, 5.41) is 3.30. The van der Waals surface area contributed by atoms with Gasteiger partial charge in [-0.05, 0) is 52.5 Å². The molecule has 114 valence electrons. The Morgan fingerprint density at radius 1 is 1.35 bits per heavy atom. The summed E-state index contributed by atoms with van der Waals surface area (Å²) in [6, 6.07) is -0.380. The summed E-state index contributed by atoms with van der Waals surface area (Å²) < 4.78 is 5.13. The number of amides is 1. The van der Waals surface area contributed by atoms with Crippen LogP contribution in [0.5, 0.6) is 0 Å². The molecule has 2 fully saturated rings. The third-order valence-corrected chi connectivity index (χ3v) is 4.44. The highest BCUT2D eigenvalue weighted by Gasteiger charge is 2.42. The number of hydrogen-bond donors (Lipinski definition) is 1. The molecular weight excluding hydrogens is 256 g/mol. The summed E-state index contributed by atoms with van der Waals surface area (Å²) in [5.41, 5.74) is -0.375. The lowest BCUT2D eigenvalue weighted by molar-refractivity contribution is -0.161. The third kappa shape index (κ3) is 3.14. The number of hydrogen-bond acceptors (Lipinski definition) is 4. The van der Waals surface area contributed by atoms with Crippen LogP contribution < -0.4 is 5.32 Å². The molecule has 1 amide bonds. The Bertz CT molecular complexity index is 364. The van der Waals surface area contributed by atoms with Gasteiger partial charge in [0.05, 0.1) is 12.0 Å². The normalized spacial score (nSPS) is 30.9. The van der Waals surface area contributed by atoms with Crippen molar-refractivity contribution in [2.45, 2.75) is 52.0 Å². The summed E-state index contributed by atoms with van der Waals surface area (Å²) in [4.78, 5) is 26.7. The van der Waals surface area contributed by atoms with Gasteiger partial charge in [-0.1, -0.05) is 0 Å². The van der Waals surface area contributed by atoms with Crippen molar-refractivity contribution in [3.8, 4) is 0 Å². The van der Waals surface area contributed by atoms with Crippen molar-refractivity contribution in [1.29, 1.82) is 0 Å². The first-order valence-electron chi connectivity index (χ1n) is 7.77. The van der Waals surface area contributed by atoms with E-state index in [-0.39, 0.29) is 23.3 Å². The minimum atomic E-state index is -0.380. The number of piperidine rings is 2. The maximum absolute atomic E-state index is 12.9. The van der Waals surface area contributed by atoms with Gasteiger partial charge in [0, 0.05) is 13.1 Å². The molecule has 0 aromatic heterocycles. The molecule has 2 aliphatic heterocycles. The highest BCUT2D eigenvalue weighted by atomic mass is 16.5. The van der Waals surface area contributed by atoms with Crippen LogP contribution in [0.2, 0.25) is 0 Å². The molecular formula is C15H26N2O3. The van der Waals surface area contributed by atoms with Crippen LogP contribution in [0.3, 0.4) is 0 Å². The van der Waals surface area contributed by atoms with Gasteiger partial charge in [0.15, 0.2) is 0 Å².